The molecule has 0 amide bonds. The molecule has 4 rings (SSSR count). The van der Waals surface area contributed by atoms with Crippen LogP contribution in [0.3, 0.4) is 0 Å². The predicted molar refractivity (Wildman–Crippen MR) is 109 cm³/mol. The molecule has 1 aliphatic heterocycles. The van der Waals surface area contributed by atoms with Crippen molar-refractivity contribution in [3.63, 3.8) is 0 Å². The number of hydrogen-bond acceptors (Lipinski definition) is 3. The van der Waals surface area contributed by atoms with E-state index in [2.05, 4.69) is 59.0 Å². The number of aromatic nitrogens is 2. The molecule has 6 heteroatoms. The molecular weight excluding hydrogens is 356 g/mol. The lowest BCUT2D eigenvalue weighted by Gasteiger charge is -2.27. The first-order chi connectivity index (χ1) is 12.9. The Balaban J connectivity index is 1.74. The third-order valence-corrected chi connectivity index (χ3v) is 5.29. The number of pyridine rings is 1. The SMILES string of the molecule is CC(C)(C)n1ccc([C@H]2[C@H](c3ccccn3)NC(=S)N2Cc2ccco2)c1. The molecule has 1 aliphatic rings. The monoisotopic (exact) mass is 380 g/mol. The quantitative estimate of drug-likeness (QED) is 0.680. The number of hydrogen-bond donors (Lipinski definition) is 1. The number of rotatable bonds is 4. The Morgan fingerprint density at radius 2 is 2.04 bits per heavy atom. The molecule has 4 heterocycles. The lowest BCUT2D eigenvalue weighted by Crippen LogP contribution is -2.29. The van der Waals surface area contributed by atoms with Crippen molar-refractivity contribution < 1.29 is 4.42 Å². The van der Waals surface area contributed by atoms with E-state index >= 15 is 0 Å². The Labute approximate surface area is 165 Å². The number of nitrogens with zero attached hydrogens (tertiary/aromatic N) is 3. The minimum Gasteiger partial charge on any atom is -0.467 e. The van der Waals surface area contributed by atoms with Crippen LogP contribution in [0.2, 0.25) is 0 Å². The zero-order valence-corrected chi connectivity index (χ0v) is 16.6. The van der Waals surface area contributed by atoms with Crippen LogP contribution in [-0.2, 0) is 12.1 Å². The Bertz CT molecular complexity index is 911. The largest absolute Gasteiger partial charge is 0.467 e. The summed E-state index contributed by atoms with van der Waals surface area (Å²) in [6, 6.07) is 12.1. The van der Waals surface area contributed by atoms with Gasteiger partial charge in [-0.1, -0.05) is 6.07 Å². The molecule has 1 N–H and O–H groups in total. The fraction of sp³-hybridized carbons (Fsp3) is 0.333. The first-order valence-corrected chi connectivity index (χ1v) is 9.53. The molecule has 5 nitrogen and oxygen atoms in total. The smallest absolute Gasteiger partial charge is 0.170 e. The van der Waals surface area contributed by atoms with Gasteiger partial charge < -0.3 is 19.2 Å². The maximum atomic E-state index is 5.69. The van der Waals surface area contributed by atoms with Crippen LogP contribution in [0.1, 0.15) is 49.9 Å². The second-order valence-corrected chi connectivity index (χ2v) is 8.24. The average Bonchev–Trinajstić information content (AvgIpc) is 3.37. The van der Waals surface area contributed by atoms with E-state index in [1.807, 2.05) is 36.5 Å². The van der Waals surface area contributed by atoms with Crippen molar-refractivity contribution in [1.82, 2.24) is 19.8 Å². The van der Waals surface area contributed by atoms with Crippen LogP contribution in [0.4, 0.5) is 0 Å². The van der Waals surface area contributed by atoms with Gasteiger partial charge in [0.25, 0.3) is 0 Å². The molecule has 0 unspecified atom stereocenters. The van der Waals surface area contributed by atoms with E-state index in [1.165, 1.54) is 5.56 Å². The van der Waals surface area contributed by atoms with Gasteiger partial charge in [0.15, 0.2) is 5.11 Å². The van der Waals surface area contributed by atoms with Crippen molar-refractivity contribution in [1.29, 1.82) is 0 Å². The maximum Gasteiger partial charge on any atom is 0.170 e. The van der Waals surface area contributed by atoms with Crippen LogP contribution >= 0.6 is 12.2 Å². The van der Waals surface area contributed by atoms with E-state index in [0.29, 0.717) is 6.54 Å². The fourth-order valence-electron chi connectivity index (χ4n) is 3.51. The topological polar surface area (TPSA) is 46.2 Å². The summed E-state index contributed by atoms with van der Waals surface area (Å²) in [5.74, 6) is 0.890. The molecule has 2 atom stereocenters. The third kappa shape index (κ3) is 3.49. The highest BCUT2D eigenvalue weighted by Crippen LogP contribution is 2.40. The standard InChI is InChI=1S/C21H24N4OS/c1-21(2,3)24-11-9-15(13-24)19-18(17-8-4-5-10-22-17)23-20(27)25(19)14-16-7-6-12-26-16/h4-13,18-19H,14H2,1-3H3,(H,23,27)/t18-,19-/m0/s1. The third-order valence-electron chi connectivity index (χ3n) is 4.94. The highest BCUT2D eigenvalue weighted by Gasteiger charge is 2.40. The Kier molecular flexibility index (Phi) is 4.52. The van der Waals surface area contributed by atoms with Gasteiger partial charge in [-0.25, -0.2) is 0 Å². The molecule has 0 saturated carbocycles. The fourth-order valence-corrected chi connectivity index (χ4v) is 3.82. The van der Waals surface area contributed by atoms with E-state index in [9.17, 15) is 0 Å². The van der Waals surface area contributed by atoms with Gasteiger partial charge in [-0.3, -0.25) is 4.98 Å². The van der Waals surface area contributed by atoms with Gasteiger partial charge in [0, 0.05) is 24.1 Å². The second kappa shape index (κ2) is 6.85. The molecule has 0 bridgehead atoms. The molecule has 1 saturated heterocycles. The summed E-state index contributed by atoms with van der Waals surface area (Å²) in [6.45, 7) is 7.22. The summed E-state index contributed by atoms with van der Waals surface area (Å²) < 4.78 is 7.82. The van der Waals surface area contributed by atoms with E-state index in [4.69, 9.17) is 16.6 Å². The molecule has 0 radical (unpaired) electrons. The van der Waals surface area contributed by atoms with E-state index in [0.717, 1.165) is 16.6 Å². The van der Waals surface area contributed by atoms with E-state index < -0.39 is 0 Å². The second-order valence-electron chi connectivity index (χ2n) is 7.86. The van der Waals surface area contributed by atoms with Crippen molar-refractivity contribution in [3.05, 3.63) is 78.3 Å². The van der Waals surface area contributed by atoms with Crippen LogP contribution < -0.4 is 5.32 Å². The Morgan fingerprint density at radius 1 is 1.19 bits per heavy atom. The van der Waals surface area contributed by atoms with Crippen LogP contribution in [0, 0.1) is 0 Å². The van der Waals surface area contributed by atoms with Gasteiger partial charge in [-0.05, 0) is 68.9 Å². The van der Waals surface area contributed by atoms with E-state index in [-0.39, 0.29) is 17.6 Å². The van der Waals surface area contributed by atoms with Crippen molar-refractivity contribution in [3.8, 4) is 0 Å². The minimum absolute atomic E-state index is 0.00974. The van der Waals surface area contributed by atoms with Gasteiger partial charge in [-0.15, -0.1) is 0 Å². The van der Waals surface area contributed by atoms with Crippen LogP contribution in [0.15, 0.2) is 65.7 Å². The molecule has 3 aromatic rings. The first-order valence-electron chi connectivity index (χ1n) is 9.12. The molecule has 140 valence electrons. The van der Waals surface area contributed by atoms with Crippen LogP contribution in [0.5, 0.6) is 0 Å². The molecule has 27 heavy (non-hydrogen) atoms. The molecule has 1 fully saturated rings. The van der Waals surface area contributed by atoms with Crippen molar-refractivity contribution in [2.45, 2.75) is 44.9 Å². The molecule has 0 aliphatic carbocycles. The van der Waals surface area contributed by atoms with Gasteiger partial charge >= 0.3 is 0 Å². The molecule has 3 aromatic heterocycles. The summed E-state index contributed by atoms with van der Waals surface area (Å²) in [7, 11) is 0. The summed E-state index contributed by atoms with van der Waals surface area (Å²) in [5.41, 5.74) is 2.21. The van der Waals surface area contributed by atoms with Gasteiger partial charge in [0.05, 0.1) is 30.6 Å². The maximum absolute atomic E-state index is 5.69. The average molecular weight is 381 g/mol. The van der Waals surface area contributed by atoms with Crippen molar-refractivity contribution in [2.75, 3.05) is 0 Å². The predicted octanol–water partition coefficient (Wildman–Crippen LogP) is 4.40. The number of nitrogens with one attached hydrogen (secondary N) is 1. The Morgan fingerprint density at radius 3 is 2.67 bits per heavy atom. The highest BCUT2D eigenvalue weighted by atomic mass is 32.1. The number of thiocarbonyl (C=S) groups is 1. The lowest BCUT2D eigenvalue weighted by molar-refractivity contribution is 0.286. The van der Waals surface area contributed by atoms with Gasteiger partial charge in [0.2, 0.25) is 0 Å². The number of furan rings is 1. The Hall–Kier alpha value is -2.60. The zero-order chi connectivity index (χ0) is 19.0. The summed E-state index contributed by atoms with van der Waals surface area (Å²) in [4.78, 5) is 6.77. The van der Waals surface area contributed by atoms with Gasteiger partial charge in [-0.2, -0.15) is 0 Å². The lowest BCUT2D eigenvalue weighted by atomic mass is 9.99. The van der Waals surface area contributed by atoms with E-state index in [1.54, 1.807) is 6.26 Å². The normalized spacial score (nSPS) is 20.1. The summed E-state index contributed by atoms with van der Waals surface area (Å²) in [5, 5.41) is 4.19. The first kappa shape index (κ1) is 17.8. The minimum atomic E-state index is -0.00974. The molecular formula is C21H24N4OS. The van der Waals surface area contributed by atoms with Crippen molar-refractivity contribution >= 4 is 17.3 Å². The van der Waals surface area contributed by atoms with Crippen LogP contribution in [0.25, 0.3) is 0 Å². The highest BCUT2D eigenvalue weighted by molar-refractivity contribution is 7.80. The van der Waals surface area contributed by atoms with Crippen molar-refractivity contribution in [2.24, 2.45) is 0 Å². The molecule has 0 aromatic carbocycles. The van der Waals surface area contributed by atoms with Gasteiger partial charge in [0.1, 0.15) is 5.76 Å². The zero-order valence-electron chi connectivity index (χ0n) is 15.8. The van der Waals surface area contributed by atoms with Crippen LogP contribution in [-0.4, -0.2) is 19.6 Å². The molecule has 0 spiro atoms. The summed E-state index contributed by atoms with van der Waals surface area (Å²) in [6.07, 6.45) is 7.87. The summed E-state index contributed by atoms with van der Waals surface area (Å²) >= 11 is 5.69.